The summed E-state index contributed by atoms with van der Waals surface area (Å²) in [4.78, 5) is 11.4. The SMILES string of the molecule is CCCNC(=O)CNS(=O)(=O)N1CCCC[C@@H]1C. The molecule has 0 aromatic rings. The molecule has 106 valence electrons. The lowest BCUT2D eigenvalue weighted by atomic mass is 10.1. The van der Waals surface area contributed by atoms with Gasteiger partial charge in [0, 0.05) is 19.1 Å². The lowest BCUT2D eigenvalue weighted by Gasteiger charge is -2.32. The van der Waals surface area contributed by atoms with Gasteiger partial charge in [0.1, 0.15) is 0 Å². The third kappa shape index (κ3) is 4.55. The van der Waals surface area contributed by atoms with Crippen LogP contribution in [0.25, 0.3) is 0 Å². The fourth-order valence-electron chi connectivity index (χ4n) is 2.00. The first-order valence-corrected chi connectivity index (χ1v) is 7.94. The second-order valence-corrected chi connectivity index (χ2v) is 6.34. The van der Waals surface area contributed by atoms with Gasteiger partial charge in [-0.1, -0.05) is 13.3 Å². The average Bonchev–Trinajstić information content (AvgIpc) is 2.34. The normalized spacial score (nSPS) is 21.8. The number of rotatable bonds is 6. The molecule has 0 spiro atoms. The molecule has 0 saturated carbocycles. The Balaban J connectivity index is 2.46. The largest absolute Gasteiger partial charge is 0.355 e. The van der Waals surface area contributed by atoms with E-state index in [-0.39, 0.29) is 18.5 Å². The van der Waals surface area contributed by atoms with Crippen molar-refractivity contribution in [2.45, 2.75) is 45.6 Å². The lowest BCUT2D eigenvalue weighted by molar-refractivity contribution is -0.119. The van der Waals surface area contributed by atoms with Gasteiger partial charge in [-0.2, -0.15) is 17.4 Å². The highest BCUT2D eigenvalue weighted by Gasteiger charge is 2.29. The molecule has 1 saturated heterocycles. The number of amides is 1. The molecule has 1 atom stereocenters. The molecule has 2 N–H and O–H groups in total. The Bertz CT molecular complexity index is 370. The topological polar surface area (TPSA) is 78.5 Å². The van der Waals surface area contributed by atoms with E-state index in [9.17, 15) is 13.2 Å². The van der Waals surface area contributed by atoms with E-state index in [1.54, 1.807) is 0 Å². The lowest BCUT2D eigenvalue weighted by Crippen LogP contribution is -2.50. The van der Waals surface area contributed by atoms with Crippen molar-refractivity contribution in [2.24, 2.45) is 0 Å². The maximum absolute atomic E-state index is 12.0. The number of carbonyl (C=O) groups excluding carboxylic acids is 1. The van der Waals surface area contributed by atoms with Crippen LogP contribution in [0.15, 0.2) is 0 Å². The van der Waals surface area contributed by atoms with Crippen molar-refractivity contribution in [1.82, 2.24) is 14.3 Å². The van der Waals surface area contributed by atoms with Crippen molar-refractivity contribution < 1.29 is 13.2 Å². The fraction of sp³-hybridized carbons (Fsp3) is 0.909. The number of hydrogen-bond donors (Lipinski definition) is 2. The molecule has 6 nitrogen and oxygen atoms in total. The van der Waals surface area contributed by atoms with Crippen LogP contribution in [0.4, 0.5) is 0 Å². The number of piperidine rings is 1. The maximum Gasteiger partial charge on any atom is 0.280 e. The van der Waals surface area contributed by atoms with E-state index < -0.39 is 10.2 Å². The summed E-state index contributed by atoms with van der Waals surface area (Å²) in [7, 11) is -3.53. The van der Waals surface area contributed by atoms with Crippen LogP contribution in [0.5, 0.6) is 0 Å². The van der Waals surface area contributed by atoms with Crippen molar-refractivity contribution >= 4 is 16.1 Å². The molecule has 0 aliphatic carbocycles. The van der Waals surface area contributed by atoms with Crippen molar-refractivity contribution in [3.63, 3.8) is 0 Å². The molecule has 1 fully saturated rings. The Morgan fingerprint density at radius 2 is 2.11 bits per heavy atom. The van der Waals surface area contributed by atoms with Crippen molar-refractivity contribution in [2.75, 3.05) is 19.6 Å². The van der Waals surface area contributed by atoms with Gasteiger partial charge in [0.15, 0.2) is 0 Å². The summed E-state index contributed by atoms with van der Waals surface area (Å²) in [5.41, 5.74) is 0. The number of carbonyl (C=O) groups is 1. The molecule has 0 bridgehead atoms. The highest BCUT2D eigenvalue weighted by Crippen LogP contribution is 2.18. The van der Waals surface area contributed by atoms with E-state index in [1.807, 2.05) is 13.8 Å². The Labute approximate surface area is 109 Å². The molecular weight excluding hydrogens is 254 g/mol. The van der Waals surface area contributed by atoms with Gasteiger partial charge in [0.2, 0.25) is 5.91 Å². The average molecular weight is 277 g/mol. The van der Waals surface area contributed by atoms with Crippen LogP contribution in [0.3, 0.4) is 0 Å². The van der Waals surface area contributed by atoms with Gasteiger partial charge in [-0.25, -0.2) is 0 Å². The smallest absolute Gasteiger partial charge is 0.280 e. The van der Waals surface area contributed by atoms with E-state index in [0.717, 1.165) is 25.7 Å². The van der Waals surface area contributed by atoms with Gasteiger partial charge in [0.25, 0.3) is 10.2 Å². The predicted octanol–water partition coefficient (Wildman–Crippen LogP) is 0.221. The molecule has 0 aromatic carbocycles. The molecule has 1 aliphatic rings. The Morgan fingerprint density at radius 1 is 1.39 bits per heavy atom. The number of nitrogens with one attached hydrogen (secondary N) is 2. The summed E-state index contributed by atoms with van der Waals surface area (Å²) in [6, 6.07) is 0.00922. The Kier molecular flexibility index (Phi) is 6.04. The molecule has 1 rings (SSSR count). The minimum Gasteiger partial charge on any atom is -0.355 e. The second-order valence-electron chi connectivity index (χ2n) is 4.63. The van der Waals surface area contributed by atoms with Crippen LogP contribution < -0.4 is 10.0 Å². The first-order chi connectivity index (χ1) is 8.47. The van der Waals surface area contributed by atoms with E-state index >= 15 is 0 Å². The number of nitrogens with zero attached hydrogens (tertiary/aromatic N) is 1. The predicted molar refractivity (Wildman–Crippen MR) is 70.2 cm³/mol. The van der Waals surface area contributed by atoms with Crippen LogP contribution >= 0.6 is 0 Å². The summed E-state index contributed by atoms with van der Waals surface area (Å²) >= 11 is 0. The fourth-order valence-corrected chi connectivity index (χ4v) is 3.42. The van der Waals surface area contributed by atoms with E-state index in [1.165, 1.54) is 4.31 Å². The first kappa shape index (κ1) is 15.4. The van der Waals surface area contributed by atoms with E-state index in [2.05, 4.69) is 10.0 Å². The minimum atomic E-state index is -3.53. The first-order valence-electron chi connectivity index (χ1n) is 6.50. The van der Waals surface area contributed by atoms with Gasteiger partial charge >= 0.3 is 0 Å². The highest BCUT2D eigenvalue weighted by atomic mass is 32.2. The molecule has 0 radical (unpaired) electrons. The summed E-state index contributed by atoms with van der Waals surface area (Å²) in [5.74, 6) is -0.287. The quantitative estimate of drug-likeness (QED) is 0.729. The zero-order valence-corrected chi connectivity index (χ0v) is 11.9. The summed E-state index contributed by atoms with van der Waals surface area (Å²) < 4.78 is 27.8. The molecule has 7 heteroatoms. The summed E-state index contributed by atoms with van der Waals surface area (Å²) in [5, 5.41) is 2.63. The van der Waals surface area contributed by atoms with Gasteiger partial charge in [-0.15, -0.1) is 0 Å². The van der Waals surface area contributed by atoms with Crippen LogP contribution in [0.1, 0.15) is 39.5 Å². The van der Waals surface area contributed by atoms with Crippen molar-refractivity contribution in [3.8, 4) is 0 Å². The van der Waals surface area contributed by atoms with Crippen LogP contribution in [-0.4, -0.2) is 44.3 Å². The maximum atomic E-state index is 12.0. The van der Waals surface area contributed by atoms with Gasteiger partial charge in [0.05, 0.1) is 6.54 Å². The summed E-state index contributed by atoms with van der Waals surface area (Å²) in [6.07, 6.45) is 3.65. The third-order valence-corrected chi connectivity index (χ3v) is 4.71. The van der Waals surface area contributed by atoms with Gasteiger partial charge in [-0.05, 0) is 26.2 Å². The van der Waals surface area contributed by atoms with Gasteiger partial charge < -0.3 is 5.32 Å². The summed E-state index contributed by atoms with van der Waals surface area (Å²) in [6.45, 7) is 4.76. The zero-order valence-electron chi connectivity index (χ0n) is 11.1. The van der Waals surface area contributed by atoms with Crippen molar-refractivity contribution in [1.29, 1.82) is 0 Å². The standard InChI is InChI=1S/C11H23N3O3S/c1-3-7-12-11(15)9-13-18(16,17)14-8-5-4-6-10(14)2/h10,13H,3-9H2,1-2H3,(H,12,15)/t10-/m0/s1. The highest BCUT2D eigenvalue weighted by molar-refractivity contribution is 7.87. The molecular formula is C11H23N3O3S. The number of hydrogen-bond acceptors (Lipinski definition) is 3. The van der Waals surface area contributed by atoms with E-state index in [0.29, 0.717) is 13.1 Å². The van der Waals surface area contributed by atoms with Crippen LogP contribution in [-0.2, 0) is 15.0 Å². The second kappa shape index (κ2) is 7.06. The minimum absolute atomic E-state index is 0.00922. The zero-order chi connectivity index (χ0) is 13.6. The third-order valence-electron chi connectivity index (χ3n) is 3.04. The Morgan fingerprint density at radius 3 is 2.72 bits per heavy atom. The molecule has 1 heterocycles. The molecule has 1 aliphatic heterocycles. The van der Waals surface area contributed by atoms with Crippen LogP contribution in [0, 0.1) is 0 Å². The van der Waals surface area contributed by atoms with Crippen LogP contribution in [0.2, 0.25) is 0 Å². The molecule has 1 amide bonds. The monoisotopic (exact) mass is 277 g/mol. The molecule has 0 unspecified atom stereocenters. The van der Waals surface area contributed by atoms with Gasteiger partial charge in [-0.3, -0.25) is 4.79 Å². The Hall–Kier alpha value is -0.660. The molecule has 18 heavy (non-hydrogen) atoms. The van der Waals surface area contributed by atoms with Crippen molar-refractivity contribution in [3.05, 3.63) is 0 Å². The van der Waals surface area contributed by atoms with E-state index in [4.69, 9.17) is 0 Å². The molecule has 0 aromatic heterocycles.